The van der Waals surface area contributed by atoms with Crippen LogP contribution < -0.4 is 5.32 Å². The van der Waals surface area contributed by atoms with Crippen molar-refractivity contribution >= 4 is 10.0 Å². The Morgan fingerprint density at radius 1 is 1.22 bits per heavy atom. The van der Waals surface area contributed by atoms with E-state index >= 15 is 0 Å². The molecule has 0 aromatic heterocycles. The van der Waals surface area contributed by atoms with Crippen LogP contribution in [0.3, 0.4) is 0 Å². The Morgan fingerprint density at radius 3 is 2.26 bits per heavy atom. The minimum atomic E-state index is -3.41. The van der Waals surface area contributed by atoms with Gasteiger partial charge in [-0.25, -0.2) is 8.42 Å². The molecule has 1 unspecified atom stereocenters. The number of nitrogens with one attached hydrogen (secondary N) is 1. The topological polar surface area (TPSA) is 49.4 Å². The van der Waals surface area contributed by atoms with E-state index < -0.39 is 10.0 Å². The largest absolute Gasteiger partial charge is 0.319 e. The Labute approximate surface area is 141 Å². The predicted molar refractivity (Wildman–Crippen MR) is 95.4 cm³/mol. The maximum Gasteiger partial charge on any atom is 0.243 e. The van der Waals surface area contributed by atoms with E-state index in [2.05, 4.69) is 26.1 Å². The van der Waals surface area contributed by atoms with Gasteiger partial charge >= 0.3 is 0 Å². The molecule has 0 saturated carbocycles. The standard InChI is InChI=1S/C18H30N2O2S/c1-13-9-16(18(3,4)5)10-14(2)17(13)23(21,22)20-8-7-15(12-20)11-19-6/h9-10,15,19H,7-8,11-12H2,1-6H3. The molecule has 1 atom stereocenters. The highest BCUT2D eigenvalue weighted by atomic mass is 32.2. The van der Waals surface area contributed by atoms with Crippen LogP contribution in [0.1, 0.15) is 43.9 Å². The summed E-state index contributed by atoms with van der Waals surface area (Å²) in [4.78, 5) is 0.496. The molecule has 0 amide bonds. The average Bonchev–Trinajstić information content (AvgIpc) is 2.86. The fourth-order valence-corrected chi connectivity index (χ4v) is 5.33. The fraction of sp³-hybridized carbons (Fsp3) is 0.667. The van der Waals surface area contributed by atoms with Crippen molar-refractivity contribution in [2.45, 2.75) is 51.3 Å². The van der Waals surface area contributed by atoms with E-state index in [9.17, 15) is 8.42 Å². The number of sulfonamides is 1. The van der Waals surface area contributed by atoms with Crippen LogP contribution in [0.2, 0.25) is 0 Å². The minimum absolute atomic E-state index is 0.0172. The van der Waals surface area contributed by atoms with Crippen LogP contribution in [0.5, 0.6) is 0 Å². The monoisotopic (exact) mass is 338 g/mol. The molecule has 1 N–H and O–H groups in total. The van der Waals surface area contributed by atoms with Gasteiger partial charge in [-0.05, 0) is 61.9 Å². The summed E-state index contributed by atoms with van der Waals surface area (Å²) in [7, 11) is -1.49. The second-order valence-corrected chi connectivity index (χ2v) is 9.64. The third-order valence-corrected chi connectivity index (χ3v) is 6.84. The van der Waals surface area contributed by atoms with E-state index in [1.54, 1.807) is 4.31 Å². The van der Waals surface area contributed by atoms with Gasteiger partial charge in [-0.2, -0.15) is 4.31 Å². The summed E-state index contributed by atoms with van der Waals surface area (Å²) in [5, 5.41) is 3.15. The molecule has 0 radical (unpaired) electrons. The summed E-state index contributed by atoms with van der Waals surface area (Å²) < 4.78 is 27.8. The first-order valence-electron chi connectivity index (χ1n) is 8.34. The van der Waals surface area contributed by atoms with Crippen LogP contribution in [0.4, 0.5) is 0 Å². The molecule has 0 aliphatic carbocycles. The number of aryl methyl sites for hydroxylation is 2. The molecule has 1 saturated heterocycles. The third kappa shape index (κ3) is 3.78. The van der Waals surface area contributed by atoms with Gasteiger partial charge in [0.15, 0.2) is 0 Å². The number of hydrogen-bond donors (Lipinski definition) is 1. The first-order valence-corrected chi connectivity index (χ1v) is 9.78. The predicted octanol–water partition coefficient (Wildman–Crippen LogP) is 2.83. The SMILES string of the molecule is CNCC1CCN(S(=O)(=O)c2c(C)cc(C(C)(C)C)cc2C)C1. The third-order valence-electron chi connectivity index (χ3n) is 4.67. The van der Waals surface area contributed by atoms with Crippen LogP contribution in [0.15, 0.2) is 17.0 Å². The normalized spacial score (nSPS) is 20.2. The molecule has 1 aromatic rings. The van der Waals surface area contributed by atoms with Crippen molar-refractivity contribution in [1.29, 1.82) is 0 Å². The summed E-state index contributed by atoms with van der Waals surface area (Å²) in [5.41, 5.74) is 2.91. The van der Waals surface area contributed by atoms with E-state index in [0.29, 0.717) is 23.9 Å². The van der Waals surface area contributed by atoms with Crippen molar-refractivity contribution in [3.8, 4) is 0 Å². The van der Waals surface area contributed by atoms with Gasteiger partial charge in [0.2, 0.25) is 10.0 Å². The second-order valence-electron chi connectivity index (χ2n) is 7.76. The summed E-state index contributed by atoms with van der Waals surface area (Å²) >= 11 is 0. The van der Waals surface area contributed by atoms with Crippen molar-refractivity contribution < 1.29 is 8.42 Å². The molecule has 1 aromatic carbocycles. The molecule has 1 aliphatic rings. The number of rotatable bonds is 4. The van der Waals surface area contributed by atoms with Gasteiger partial charge in [0.25, 0.3) is 0 Å². The summed E-state index contributed by atoms with van der Waals surface area (Å²) in [6, 6.07) is 4.06. The number of nitrogens with zero attached hydrogens (tertiary/aromatic N) is 1. The lowest BCUT2D eigenvalue weighted by molar-refractivity contribution is 0.450. The van der Waals surface area contributed by atoms with E-state index in [4.69, 9.17) is 0 Å². The lowest BCUT2D eigenvalue weighted by Gasteiger charge is -2.24. The molecule has 2 rings (SSSR count). The molecule has 23 heavy (non-hydrogen) atoms. The zero-order valence-corrected chi connectivity index (χ0v) is 16.0. The lowest BCUT2D eigenvalue weighted by Crippen LogP contribution is -2.31. The Morgan fingerprint density at radius 2 is 1.78 bits per heavy atom. The van der Waals surface area contributed by atoms with Gasteiger partial charge in [-0.15, -0.1) is 0 Å². The fourth-order valence-electron chi connectivity index (χ4n) is 3.39. The van der Waals surface area contributed by atoms with Gasteiger partial charge < -0.3 is 5.32 Å². The zero-order valence-electron chi connectivity index (χ0n) is 15.2. The Bertz CT molecular complexity index is 652. The van der Waals surface area contributed by atoms with Crippen LogP contribution >= 0.6 is 0 Å². The van der Waals surface area contributed by atoms with Gasteiger partial charge in [-0.1, -0.05) is 32.9 Å². The smallest absolute Gasteiger partial charge is 0.243 e. The maximum atomic E-state index is 13.1. The molecule has 1 heterocycles. The van der Waals surface area contributed by atoms with Crippen molar-refractivity contribution in [3.05, 3.63) is 28.8 Å². The number of benzene rings is 1. The van der Waals surface area contributed by atoms with Crippen molar-refractivity contribution in [2.24, 2.45) is 5.92 Å². The van der Waals surface area contributed by atoms with Crippen LogP contribution in [-0.4, -0.2) is 39.4 Å². The van der Waals surface area contributed by atoms with Gasteiger partial charge in [0, 0.05) is 13.1 Å². The molecule has 1 fully saturated rings. The van der Waals surface area contributed by atoms with E-state index in [-0.39, 0.29) is 5.41 Å². The quantitative estimate of drug-likeness (QED) is 0.918. The summed E-state index contributed by atoms with van der Waals surface area (Å²) in [5.74, 6) is 0.407. The molecule has 4 nitrogen and oxygen atoms in total. The maximum absolute atomic E-state index is 13.1. The molecular weight excluding hydrogens is 308 g/mol. The van der Waals surface area contributed by atoms with E-state index in [0.717, 1.165) is 24.1 Å². The highest BCUT2D eigenvalue weighted by Gasteiger charge is 2.34. The van der Waals surface area contributed by atoms with E-state index in [1.807, 2.05) is 33.0 Å². The van der Waals surface area contributed by atoms with Gasteiger partial charge in [0.1, 0.15) is 0 Å². The highest BCUT2D eigenvalue weighted by molar-refractivity contribution is 7.89. The van der Waals surface area contributed by atoms with E-state index in [1.165, 1.54) is 5.56 Å². The van der Waals surface area contributed by atoms with Gasteiger partial charge in [-0.3, -0.25) is 0 Å². The minimum Gasteiger partial charge on any atom is -0.319 e. The zero-order chi connectivity index (χ0) is 17.4. The molecule has 130 valence electrons. The van der Waals surface area contributed by atoms with Crippen LogP contribution in [0.25, 0.3) is 0 Å². The first kappa shape index (κ1) is 18.4. The van der Waals surface area contributed by atoms with Gasteiger partial charge in [0.05, 0.1) is 4.90 Å². The average molecular weight is 339 g/mol. The lowest BCUT2D eigenvalue weighted by atomic mass is 9.85. The highest BCUT2D eigenvalue weighted by Crippen LogP contribution is 2.32. The van der Waals surface area contributed by atoms with Crippen LogP contribution in [-0.2, 0) is 15.4 Å². The van der Waals surface area contributed by atoms with Crippen molar-refractivity contribution in [1.82, 2.24) is 9.62 Å². The molecule has 5 heteroatoms. The Hall–Kier alpha value is -0.910. The first-order chi connectivity index (χ1) is 10.6. The summed E-state index contributed by atoms with van der Waals surface area (Å²) in [6.07, 6.45) is 0.929. The number of hydrogen-bond acceptors (Lipinski definition) is 3. The molecule has 1 aliphatic heterocycles. The molecule has 0 spiro atoms. The Kier molecular flexibility index (Phi) is 5.24. The summed E-state index contributed by atoms with van der Waals surface area (Å²) in [6.45, 7) is 12.4. The second kappa shape index (κ2) is 6.54. The Balaban J connectivity index is 2.38. The van der Waals surface area contributed by atoms with Crippen molar-refractivity contribution in [2.75, 3.05) is 26.7 Å². The molecular formula is C18H30N2O2S. The van der Waals surface area contributed by atoms with Crippen molar-refractivity contribution in [3.63, 3.8) is 0 Å². The molecule has 0 bridgehead atoms. The van der Waals surface area contributed by atoms with Crippen LogP contribution in [0, 0.1) is 19.8 Å².